The predicted octanol–water partition coefficient (Wildman–Crippen LogP) is 3.86. The van der Waals surface area contributed by atoms with Gasteiger partial charge in [0.15, 0.2) is 11.5 Å². The number of rotatable bonds is 8. The molecule has 0 amide bonds. The molecule has 0 saturated heterocycles. The number of nitrogens with zero attached hydrogens (tertiary/aromatic N) is 1. The van der Waals surface area contributed by atoms with Crippen molar-refractivity contribution in [2.24, 2.45) is 0 Å². The Morgan fingerprint density at radius 1 is 1.00 bits per heavy atom. The number of esters is 1. The van der Waals surface area contributed by atoms with E-state index in [1.165, 1.54) is 49.9 Å². The molecule has 1 N–H and O–H groups in total. The van der Waals surface area contributed by atoms with Gasteiger partial charge >= 0.3 is 5.97 Å². The number of carbonyl (C=O) groups is 1. The first-order chi connectivity index (χ1) is 17.3. The van der Waals surface area contributed by atoms with Gasteiger partial charge in [-0.3, -0.25) is 4.79 Å². The van der Waals surface area contributed by atoms with E-state index in [2.05, 4.69) is 4.98 Å². The largest absolute Gasteiger partial charge is 0.493 e. The van der Waals surface area contributed by atoms with Crippen molar-refractivity contribution < 1.29 is 27.4 Å². The molecule has 1 aromatic heterocycles. The number of sulfonamides is 1. The van der Waals surface area contributed by atoms with Gasteiger partial charge in [-0.05, 0) is 43.2 Å². The molecule has 10 heteroatoms. The topological polar surface area (TPSA) is 115 Å². The number of benzene rings is 2. The quantitative estimate of drug-likeness (QED) is 0.454. The summed E-state index contributed by atoms with van der Waals surface area (Å²) in [5, 5.41) is 0.691. The van der Waals surface area contributed by atoms with E-state index >= 15 is 0 Å². The Hall–Kier alpha value is -3.37. The molecule has 1 aliphatic rings. The summed E-state index contributed by atoms with van der Waals surface area (Å²) in [5.41, 5.74) is 0.632. The second-order valence-corrected chi connectivity index (χ2v) is 10.7. The van der Waals surface area contributed by atoms with Gasteiger partial charge in [0.05, 0.1) is 37.3 Å². The van der Waals surface area contributed by atoms with Gasteiger partial charge in [0.1, 0.15) is 0 Å². The van der Waals surface area contributed by atoms with Crippen LogP contribution in [0.5, 0.6) is 11.5 Å². The van der Waals surface area contributed by atoms with Crippen LogP contribution in [0.4, 0.5) is 0 Å². The van der Waals surface area contributed by atoms with Crippen molar-refractivity contribution >= 4 is 26.9 Å². The van der Waals surface area contributed by atoms with Crippen LogP contribution in [0.1, 0.15) is 48.0 Å². The highest BCUT2D eigenvalue weighted by molar-refractivity contribution is 7.89. The lowest BCUT2D eigenvalue weighted by Crippen LogP contribution is -2.42. The van der Waals surface area contributed by atoms with Crippen LogP contribution >= 0.6 is 0 Å². The minimum Gasteiger partial charge on any atom is -0.493 e. The molecule has 192 valence electrons. The summed E-state index contributed by atoms with van der Waals surface area (Å²) in [6, 6.07) is 10.6. The zero-order valence-electron chi connectivity index (χ0n) is 20.6. The third-order valence-corrected chi connectivity index (χ3v) is 8.49. The molecular weight excluding hydrogens is 484 g/mol. The van der Waals surface area contributed by atoms with Gasteiger partial charge in [0.25, 0.3) is 5.56 Å². The van der Waals surface area contributed by atoms with Gasteiger partial charge in [-0.15, -0.1) is 0 Å². The SMILES string of the molecule is COC(=O)c1cccc(S(=O)(=O)N(Cc2cc3cc(OC)c(OC)cc3[nH]c2=O)C2CCCCC2)c1. The molecule has 1 fully saturated rings. The maximum absolute atomic E-state index is 13.9. The Labute approximate surface area is 210 Å². The molecule has 1 saturated carbocycles. The van der Waals surface area contributed by atoms with Crippen LogP contribution in [-0.2, 0) is 21.3 Å². The summed E-state index contributed by atoms with van der Waals surface area (Å²) in [7, 11) is 0.252. The molecule has 0 radical (unpaired) electrons. The standard InChI is InChI=1S/C26H30N2O7S/c1-33-23-14-18-12-19(25(29)27-22(18)15-24(23)34-2)16-28(20-9-5-4-6-10-20)36(31,32)21-11-7-8-17(13-21)26(30)35-3/h7-8,11-15,20H,4-6,9-10,16H2,1-3H3,(H,27,29). The van der Waals surface area contributed by atoms with Gasteiger partial charge in [-0.1, -0.05) is 25.3 Å². The van der Waals surface area contributed by atoms with E-state index < -0.39 is 16.0 Å². The van der Waals surface area contributed by atoms with Crippen LogP contribution in [0.15, 0.2) is 52.2 Å². The van der Waals surface area contributed by atoms with Crippen molar-refractivity contribution in [3.8, 4) is 11.5 Å². The molecule has 3 aromatic rings. The number of hydrogen-bond donors (Lipinski definition) is 1. The molecule has 0 bridgehead atoms. The molecule has 4 rings (SSSR count). The van der Waals surface area contributed by atoms with E-state index in [0.29, 0.717) is 40.8 Å². The number of methoxy groups -OCH3 is 3. The van der Waals surface area contributed by atoms with Crippen molar-refractivity contribution in [1.29, 1.82) is 0 Å². The summed E-state index contributed by atoms with van der Waals surface area (Å²) in [5.74, 6) is 0.358. The van der Waals surface area contributed by atoms with E-state index in [9.17, 15) is 18.0 Å². The van der Waals surface area contributed by atoms with Crippen LogP contribution in [0.3, 0.4) is 0 Å². The second-order valence-electron chi connectivity index (χ2n) is 8.78. The maximum Gasteiger partial charge on any atom is 0.337 e. The first-order valence-corrected chi connectivity index (χ1v) is 13.2. The minimum absolute atomic E-state index is 0.0143. The maximum atomic E-state index is 13.9. The molecule has 36 heavy (non-hydrogen) atoms. The number of ether oxygens (including phenoxy) is 3. The zero-order chi connectivity index (χ0) is 25.9. The second kappa shape index (κ2) is 10.7. The number of fused-ring (bicyclic) bond motifs is 1. The Morgan fingerprint density at radius 2 is 1.69 bits per heavy atom. The summed E-state index contributed by atoms with van der Waals surface area (Å²) < 4.78 is 44.6. The van der Waals surface area contributed by atoms with E-state index in [1.54, 1.807) is 18.2 Å². The molecule has 0 spiro atoms. The fourth-order valence-corrected chi connectivity index (χ4v) is 6.39. The summed E-state index contributed by atoms with van der Waals surface area (Å²) in [6.45, 7) is -0.102. The van der Waals surface area contributed by atoms with Gasteiger partial charge in [0, 0.05) is 29.6 Å². The van der Waals surface area contributed by atoms with E-state index in [4.69, 9.17) is 14.2 Å². The lowest BCUT2D eigenvalue weighted by molar-refractivity contribution is 0.0600. The third kappa shape index (κ3) is 5.10. The lowest BCUT2D eigenvalue weighted by atomic mass is 9.95. The average Bonchev–Trinajstić information content (AvgIpc) is 2.91. The Balaban J connectivity index is 1.78. The number of H-pyrrole nitrogens is 1. The molecule has 2 aromatic carbocycles. The van der Waals surface area contributed by atoms with Crippen molar-refractivity contribution in [3.63, 3.8) is 0 Å². The highest BCUT2D eigenvalue weighted by Crippen LogP contribution is 2.33. The Morgan fingerprint density at radius 3 is 2.36 bits per heavy atom. The Bertz CT molecular complexity index is 1430. The normalized spacial score (nSPS) is 14.7. The highest BCUT2D eigenvalue weighted by Gasteiger charge is 2.33. The fourth-order valence-electron chi connectivity index (χ4n) is 4.68. The van der Waals surface area contributed by atoms with Crippen molar-refractivity contribution in [2.75, 3.05) is 21.3 Å². The van der Waals surface area contributed by atoms with Crippen LogP contribution in [-0.4, -0.2) is 51.0 Å². The van der Waals surface area contributed by atoms with Gasteiger partial charge in [0.2, 0.25) is 10.0 Å². The van der Waals surface area contributed by atoms with Gasteiger partial charge in [-0.2, -0.15) is 4.31 Å². The number of aromatic amines is 1. The number of nitrogens with one attached hydrogen (secondary N) is 1. The van der Waals surface area contributed by atoms with E-state index in [0.717, 1.165) is 19.3 Å². The summed E-state index contributed by atoms with van der Waals surface area (Å²) in [4.78, 5) is 27.9. The summed E-state index contributed by atoms with van der Waals surface area (Å²) >= 11 is 0. The van der Waals surface area contributed by atoms with E-state index in [-0.39, 0.29) is 28.6 Å². The molecule has 1 heterocycles. The number of hydrogen-bond acceptors (Lipinski definition) is 7. The number of pyridine rings is 1. The average molecular weight is 515 g/mol. The van der Waals surface area contributed by atoms with Crippen LogP contribution in [0.25, 0.3) is 10.9 Å². The number of carbonyl (C=O) groups excluding carboxylic acids is 1. The van der Waals surface area contributed by atoms with E-state index in [1.807, 2.05) is 0 Å². The fraction of sp³-hybridized carbons (Fsp3) is 0.385. The molecular formula is C26H30N2O7S. The predicted molar refractivity (Wildman–Crippen MR) is 135 cm³/mol. The van der Waals surface area contributed by atoms with Crippen LogP contribution in [0, 0.1) is 0 Å². The van der Waals surface area contributed by atoms with Crippen LogP contribution < -0.4 is 15.0 Å². The van der Waals surface area contributed by atoms with Gasteiger partial charge < -0.3 is 19.2 Å². The Kier molecular flexibility index (Phi) is 7.65. The molecule has 9 nitrogen and oxygen atoms in total. The third-order valence-electron chi connectivity index (χ3n) is 6.60. The van der Waals surface area contributed by atoms with Gasteiger partial charge in [-0.25, -0.2) is 13.2 Å². The molecule has 0 aliphatic heterocycles. The van der Waals surface area contributed by atoms with Crippen molar-refractivity contribution in [2.45, 2.75) is 49.6 Å². The number of aromatic nitrogens is 1. The first kappa shape index (κ1) is 25.7. The molecule has 1 aliphatic carbocycles. The summed E-state index contributed by atoms with van der Waals surface area (Å²) in [6.07, 6.45) is 4.26. The van der Waals surface area contributed by atoms with Crippen molar-refractivity contribution in [3.05, 3.63) is 63.9 Å². The lowest BCUT2D eigenvalue weighted by Gasteiger charge is -2.33. The zero-order valence-corrected chi connectivity index (χ0v) is 21.4. The molecule has 0 unspecified atom stereocenters. The van der Waals surface area contributed by atoms with Crippen LogP contribution in [0.2, 0.25) is 0 Å². The smallest absolute Gasteiger partial charge is 0.337 e. The van der Waals surface area contributed by atoms with Crippen molar-refractivity contribution in [1.82, 2.24) is 9.29 Å². The molecule has 0 atom stereocenters. The highest BCUT2D eigenvalue weighted by atomic mass is 32.2. The minimum atomic E-state index is -4.03. The first-order valence-electron chi connectivity index (χ1n) is 11.8. The monoisotopic (exact) mass is 514 g/mol.